The number of hydrogen-bond donors (Lipinski definition) is 4. The summed E-state index contributed by atoms with van der Waals surface area (Å²) < 4.78 is 5.07. The number of carbonyl (C=O) groups is 2. The van der Waals surface area contributed by atoms with Gasteiger partial charge in [0.05, 0.1) is 5.69 Å². The molecule has 0 heterocycles. The van der Waals surface area contributed by atoms with E-state index in [9.17, 15) is 9.59 Å². The summed E-state index contributed by atoms with van der Waals surface area (Å²) in [4.78, 5) is 22.1. The Labute approximate surface area is 133 Å². The highest BCUT2D eigenvalue weighted by Crippen LogP contribution is 2.19. The third-order valence-electron chi connectivity index (χ3n) is 3.04. The van der Waals surface area contributed by atoms with Crippen LogP contribution in [0.5, 0.6) is 0 Å². The molecule has 0 saturated heterocycles. The number of hydrogen-bond acceptors (Lipinski definition) is 6. The predicted molar refractivity (Wildman–Crippen MR) is 82.8 cm³/mol. The number of benzene rings is 1. The number of nitrogens with zero attached hydrogens (tertiary/aromatic N) is 2. The van der Waals surface area contributed by atoms with Gasteiger partial charge in [0.25, 0.3) is 0 Å². The Bertz CT molecular complexity index is 550. The third kappa shape index (κ3) is 7.23. The zero-order valence-corrected chi connectivity index (χ0v) is 12.6. The van der Waals surface area contributed by atoms with Gasteiger partial charge in [-0.05, 0) is 25.3 Å². The number of unbranched alkanes of at least 4 members (excludes halogenated alkanes) is 1. The van der Waals surface area contributed by atoms with Gasteiger partial charge < -0.3 is 26.7 Å². The second-order valence-corrected chi connectivity index (χ2v) is 4.79. The van der Waals surface area contributed by atoms with Gasteiger partial charge in [0.2, 0.25) is 0 Å². The molecule has 0 aliphatic carbocycles. The number of ether oxygens (including phenoxy) is 1. The topological polar surface area (TPSA) is 152 Å². The lowest BCUT2D eigenvalue weighted by atomic mass is 10.1. The summed E-state index contributed by atoms with van der Waals surface area (Å²) in [7, 11) is 0. The Morgan fingerprint density at radius 1 is 1.30 bits per heavy atom. The van der Waals surface area contributed by atoms with Crippen LogP contribution in [0.25, 0.3) is 0 Å². The van der Waals surface area contributed by atoms with Crippen LogP contribution in [-0.2, 0) is 16.1 Å². The van der Waals surface area contributed by atoms with Gasteiger partial charge in [-0.1, -0.05) is 23.4 Å². The van der Waals surface area contributed by atoms with Crippen molar-refractivity contribution in [3.8, 4) is 0 Å². The lowest BCUT2D eigenvalue weighted by molar-refractivity contribution is -0.138. The lowest BCUT2D eigenvalue weighted by Crippen LogP contribution is -2.30. The summed E-state index contributed by atoms with van der Waals surface area (Å²) in [6, 6.07) is 6.16. The molecule has 0 spiro atoms. The number of carboxylic acid groups (broad SMARTS) is 1. The number of carbonyl (C=O) groups excluding carboxylic acids is 1. The Kier molecular flexibility index (Phi) is 8.08. The molecule has 1 aromatic carbocycles. The molecular formula is C14H21N5O4. The van der Waals surface area contributed by atoms with Crippen LogP contribution in [0.3, 0.4) is 0 Å². The van der Waals surface area contributed by atoms with E-state index in [1.165, 1.54) is 0 Å². The summed E-state index contributed by atoms with van der Waals surface area (Å²) in [6.45, 7) is 0.431. The van der Waals surface area contributed by atoms with Crippen molar-refractivity contribution in [3.63, 3.8) is 0 Å². The summed E-state index contributed by atoms with van der Waals surface area (Å²) in [5, 5.41) is 18.1. The SMILES string of the molecule is NN=Nc1ccccc1COC(=O)NCCCC[C@H](N)C(=O)O. The van der Waals surface area contributed by atoms with E-state index in [4.69, 9.17) is 21.4 Å². The number of amides is 1. The van der Waals surface area contributed by atoms with E-state index in [0.29, 0.717) is 37.1 Å². The maximum absolute atomic E-state index is 11.6. The normalized spacial score (nSPS) is 12.0. The van der Waals surface area contributed by atoms with Crippen LogP contribution in [0.1, 0.15) is 24.8 Å². The molecule has 0 aliphatic rings. The highest BCUT2D eigenvalue weighted by atomic mass is 16.5. The van der Waals surface area contributed by atoms with Crippen LogP contribution in [0.15, 0.2) is 34.6 Å². The minimum atomic E-state index is -1.02. The fraction of sp³-hybridized carbons (Fsp3) is 0.429. The molecule has 1 amide bonds. The Balaban J connectivity index is 2.24. The molecule has 0 saturated carbocycles. The quantitative estimate of drug-likeness (QED) is 0.233. The van der Waals surface area contributed by atoms with Gasteiger partial charge in [0.15, 0.2) is 0 Å². The maximum Gasteiger partial charge on any atom is 0.407 e. The molecule has 1 aromatic rings. The van der Waals surface area contributed by atoms with Crippen LogP contribution < -0.4 is 16.9 Å². The molecule has 0 fully saturated rings. The molecule has 1 rings (SSSR count). The van der Waals surface area contributed by atoms with Crippen LogP contribution in [-0.4, -0.2) is 29.8 Å². The van der Waals surface area contributed by atoms with E-state index in [-0.39, 0.29) is 6.61 Å². The highest BCUT2D eigenvalue weighted by molar-refractivity contribution is 5.72. The maximum atomic E-state index is 11.6. The average molecular weight is 323 g/mol. The molecule has 0 bridgehead atoms. The van der Waals surface area contributed by atoms with E-state index >= 15 is 0 Å². The molecule has 23 heavy (non-hydrogen) atoms. The monoisotopic (exact) mass is 323 g/mol. The minimum Gasteiger partial charge on any atom is -0.480 e. The molecule has 0 radical (unpaired) electrons. The van der Waals surface area contributed by atoms with Gasteiger partial charge in [-0.25, -0.2) is 4.79 Å². The van der Waals surface area contributed by atoms with Crippen molar-refractivity contribution in [2.45, 2.75) is 31.9 Å². The first-order valence-corrected chi connectivity index (χ1v) is 7.12. The van der Waals surface area contributed by atoms with Crippen LogP contribution >= 0.6 is 0 Å². The number of carboxylic acids is 1. The first kappa shape index (κ1) is 18.4. The molecular weight excluding hydrogens is 302 g/mol. The Morgan fingerprint density at radius 3 is 2.74 bits per heavy atom. The summed E-state index contributed by atoms with van der Waals surface area (Å²) in [6.07, 6.45) is 1.03. The van der Waals surface area contributed by atoms with E-state index in [2.05, 4.69) is 15.7 Å². The minimum absolute atomic E-state index is 0.0465. The van der Waals surface area contributed by atoms with E-state index in [1.807, 2.05) is 0 Å². The van der Waals surface area contributed by atoms with E-state index in [0.717, 1.165) is 0 Å². The van der Waals surface area contributed by atoms with Crippen molar-refractivity contribution >= 4 is 17.7 Å². The highest BCUT2D eigenvalue weighted by Gasteiger charge is 2.10. The van der Waals surface area contributed by atoms with E-state index < -0.39 is 18.1 Å². The lowest BCUT2D eigenvalue weighted by Gasteiger charge is -2.09. The number of nitrogens with two attached hydrogens (primary N) is 2. The van der Waals surface area contributed by atoms with Crippen LogP contribution in [0, 0.1) is 0 Å². The zero-order chi connectivity index (χ0) is 17.1. The van der Waals surface area contributed by atoms with Crippen molar-refractivity contribution < 1.29 is 19.4 Å². The predicted octanol–water partition coefficient (Wildman–Crippen LogP) is 1.45. The second kappa shape index (κ2) is 10.1. The van der Waals surface area contributed by atoms with E-state index in [1.54, 1.807) is 24.3 Å². The third-order valence-corrected chi connectivity index (χ3v) is 3.04. The Morgan fingerprint density at radius 2 is 2.04 bits per heavy atom. The van der Waals surface area contributed by atoms with Gasteiger partial charge in [-0.15, -0.1) is 5.11 Å². The molecule has 9 heteroatoms. The molecule has 0 unspecified atom stereocenters. The molecule has 1 atom stereocenters. The number of rotatable bonds is 9. The molecule has 126 valence electrons. The van der Waals surface area contributed by atoms with Crippen molar-refractivity contribution in [2.75, 3.05) is 6.54 Å². The van der Waals surface area contributed by atoms with Crippen molar-refractivity contribution in [1.29, 1.82) is 0 Å². The second-order valence-electron chi connectivity index (χ2n) is 4.79. The first-order chi connectivity index (χ1) is 11.0. The number of aliphatic carboxylic acids is 1. The van der Waals surface area contributed by atoms with Crippen LogP contribution in [0.2, 0.25) is 0 Å². The standard InChI is InChI=1S/C14H21N5O4/c15-11(13(20)21)6-3-4-8-17-14(22)23-9-10-5-1-2-7-12(10)18-19-16/h1-2,5,7,11H,3-4,6,8-9,15H2,(H2,16,18)(H,17,22)(H,20,21)/t11-/m0/s1. The molecule has 6 N–H and O–H groups in total. The fourth-order valence-electron chi connectivity index (χ4n) is 1.79. The van der Waals surface area contributed by atoms with Crippen molar-refractivity contribution in [3.05, 3.63) is 29.8 Å². The van der Waals surface area contributed by atoms with Crippen LogP contribution in [0.4, 0.5) is 10.5 Å². The Hall–Kier alpha value is -2.68. The first-order valence-electron chi connectivity index (χ1n) is 7.12. The van der Waals surface area contributed by atoms with Gasteiger partial charge in [-0.3, -0.25) is 4.79 Å². The molecule has 0 aliphatic heterocycles. The van der Waals surface area contributed by atoms with Gasteiger partial charge in [0.1, 0.15) is 12.6 Å². The smallest absolute Gasteiger partial charge is 0.407 e. The van der Waals surface area contributed by atoms with Crippen molar-refractivity contribution in [2.24, 2.45) is 21.9 Å². The fourth-order valence-corrected chi connectivity index (χ4v) is 1.79. The van der Waals surface area contributed by atoms with Gasteiger partial charge in [-0.2, -0.15) is 0 Å². The molecule has 0 aromatic heterocycles. The average Bonchev–Trinajstić information content (AvgIpc) is 2.53. The van der Waals surface area contributed by atoms with Crippen molar-refractivity contribution in [1.82, 2.24) is 5.32 Å². The summed E-state index contributed by atoms with van der Waals surface area (Å²) in [5.41, 5.74) is 6.59. The zero-order valence-electron chi connectivity index (χ0n) is 12.6. The largest absolute Gasteiger partial charge is 0.480 e. The number of nitrogens with one attached hydrogen (secondary N) is 1. The summed E-state index contributed by atoms with van der Waals surface area (Å²) >= 11 is 0. The van der Waals surface area contributed by atoms with Gasteiger partial charge in [0, 0.05) is 12.1 Å². The van der Waals surface area contributed by atoms with Gasteiger partial charge >= 0.3 is 12.1 Å². The summed E-state index contributed by atoms with van der Waals surface area (Å²) in [5.74, 6) is 3.99. The molecule has 9 nitrogen and oxygen atoms in total. The number of alkyl carbamates (subject to hydrolysis) is 1.